The van der Waals surface area contributed by atoms with Crippen molar-refractivity contribution >= 4 is 40.5 Å². The van der Waals surface area contributed by atoms with E-state index in [1.807, 2.05) is 6.92 Å². The van der Waals surface area contributed by atoms with E-state index < -0.39 is 22.8 Å². The molecule has 0 saturated heterocycles. The number of carbonyl (C=O) groups excluding carboxylic acids is 2. The van der Waals surface area contributed by atoms with Gasteiger partial charge in [-0.2, -0.15) is 0 Å². The van der Waals surface area contributed by atoms with Gasteiger partial charge in [-0.25, -0.2) is 0 Å². The molecule has 0 radical (unpaired) electrons. The molecule has 1 unspecified atom stereocenters. The van der Waals surface area contributed by atoms with E-state index in [2.05, 4.69) is 5.32 Å². The molecule has 0 fully saturated rings. The SMILES string of the molecule is CCC1Oc2ccc([N+](=O)[O-])cc2N(CC(=O)Nc2cc(Cl)ccc2C)C1=O. The van der Waals surface area contributed by atoms with E-state index in [1.165, 1.54) is 23.1 Å². The van der Waals surface area contributed by atoms with Crippen LogP contribution in [-0.4, -0.2) is 29.4 Å². The number of aryl methyl sites for hydroxylation is 1. The van der Waals surface area contributed by atoms with Gasteiger partial charge in [-0.15, -0.1) is 0 Å². The molecule has 1 atom stereocenters. The highest BCUT2D eigenvalue weighted by Crippen LogP contribution is 2.37. The molecule has 0 aromatic heterocycles. The summed E-state index contributed by atoms with van der Waals surface area (Å²) in [5, 5.41) is 14.3. The van der Waals surface area contributed by atoms with E-state index in [1.54, 1.807) is 25.1 Å². The first-order valence-electron chi connectivity index (χ1n) is 8.62. The van der Waals surface area contributed by atoms with Gasteiger partial charge in [0.25, 0.3) is 11.6 Å². The zero-order valence-corrected chi connectivity index (χ0v) is 16.0. The molecular formula is C19H18ClN3O5. The summed E-state index contributed by atoms with van der Waals surface area (Å²) in [5.41, 5.74) is 1.35. The highest BCUT2D eigenvalue weighted by atomic mass is 35.5. The van der Waals surface area contributed by atoms with Crippen LogP contribution in [-0.2, 0) is 9.59 Å². The highest BCUT2D eigenvalue weighted by Gasteiger charge is 2.35. The summed E-state index contributed by atoms with van der Waals surface area (Å²) in [7, 11) is 0. The van der Waals surface area contributed by atoms with E-state index in [0.29, 0.717) is 22.9 Å². The molecule has 9 heteroatoms. The van der Waals surface area contributed by atoms with Gasteiger partial charge in [-0.05, 0) is 37.1 Å². The smallest absolute Gasteiger partial charge is 0.271 e. The Balaban J connectivity index is 1.90. The van der Waals surface area contributed by atoms with Gasteiger partial charge in [-0.3, -0.25) is 24.6 Å². The van der Waals surface area contributed by atoms with Gasteiger partial charge < -0.3 is 10.1 Å². The first kappa shape index (κ1) is 19.6. The van der Waals surface area contributed by atoms with Gasteiger partial charge in [0.15, 0.2) is 6.10 Å². The molecule has 2 amide bonds. The standard InChI is InChI=1S/C19H18ClN3O5/c1-3-16-19(25)22(15-9-13(23(26)27)6-7-17(15)28-16)10-18(24)21-14-8-12(20)5-4-11(14)2/h4-9,16H,3,10H2,1-2H3,(H,21,24). The number of nitro benzene ring substituents is 1. The summed E-state index contributed by atoms with van der Waals surface area (Å²) in [4.78, 5) is 37.1. The van der Waals surface area contributed by atoms with Crippen LogP contribution < -0.4 is 15.0 Å². The molecule has 146 valence electrons. The van der Waals surface area contributed by atoms with Crippen LogP contribution in [0.4, 0.5) is 17.1 Å². The Bertz CT molecular complexity index is 963. The Hall–Kier alpha value is -3.13. The average molecular weight is 404 g/mol. The monoisotopic (exact) mass is 403 g/mol. The zero-order valence-electron chi connectivity index (χ0n) is 15.3. The molecular weight excluding hydrogens is 386 g/mol. The van der Waals surface area contributed by atoms with Crippen molar-refractivity contribution in [2.75, 3.05) is 16.8 Å². The molecule has 0 spiro atoms. The third-order valence-corrected chi connectivity index (χ3v) is 4.64. The maximum absolute atomic E-state index is 12.7. The number of amides is 2. The molecule has 2 aromatic carbocycles. The van der Waals surface area contributed by atoms with E-state index >= 15 is 0 Å². The number of non-ortho nitro benzene ring substituents is 1. The van der Waals surface area contributed by atoms with Crippen molar-refractivity contribution in [3.05, 3.63) is 57.1 Å². The minimum absolute atomic E-state index is 0.193. The predicted molar refractivity (Wildman–Crippen MR) is 105 cm³/mol. The molecule has 3 rings (SSSR count). The third kappa shape index (κ3) is 3.91. The molecule has 0 aliphatic carbocycles. The summed E-state index contributed by atoms with van der Waals surface area (Å²) in [6, 6.07) is 9.06. The van der Waals surface area contributed by atoms with Crippen LogP contribution in [0, 0.1) is 17.0 Å². The number of carbonyl (C=O) groups is 2. The van der Waals surface area contributed by atoms with Crippen molar-refractivity contribution in [2.45, 2.75) is 26.4 Å². The maximum Gasteiger partial charge on any atom is 0.271 e. The fraction of sp³-hybridized carbons (Fsp3) is 0.263. The van der Waals surface area contributed by atoms with Crippen LogP contribution in [0.2, 0.25) is 5.02 Å². The lowest BCUT2D eigenvalue weighted by Crippen LogP contribution is -2.48. The van der Waals surface area contributed by atoms with Crippen molar-refractivity contribution < 1.29 is 19.2 Å². The van der Waals surface area contributed by atoms with E-state index in [9.17, 15) is 19.7 Å². The summed E-state index contributed by atoms with van der Waals surface area (Å²) >= 11 is 5.97. The minimum Gasteiger partial charge on any atom is -0.478 e. The fourth-order valence-corrected chi connectivity index (χ4v) is 3.08. The van der Waals surface area contributed by atoms with Crippen molar-refractivity contribution in [3.8, 4) is 5.75 Å². The molecule has 0 bridgehead atoms. The lowest BCUT2D eigenvalue weighted by atomic mass is 10.1. The minimum atomic E-state index is -0.755. The van der Waals surface area contributed by atoms with Gasteiger partial charge >= 0.3 is 0 Å². The van der Waals surface area contributed by atoms with Gasteiger partial charge in [-0.1, -0.05) is 24.6 Å². The molecule has 28 heavy (non-hydrogen) atoms. The van der Waals surface area contributed by atoms with Crippen LogP contribution in [0.5, 0.6) is 5.75 Å². The first-order valence-corrected chi connectivity index (χ1v) is 9.00. The molecule has 2 aromatic rings. The van der Waals surface area contributed by atoms with E-state index in [0.717, 1.165) is 5.56 Å². The number of halogens is 1. The molecule has 1 aliphatic rings. The fourth-order valence-electron chi connectivity index (χ4n) is 2.91. The van der Waals surface area contributed by atoms with Crippen molar-refractivity contribution in [3.63, 3.8) is 0 Å². The summed E-state index contributed by atoms with van der Waals surface area (Å²) in [6.07, 6.45) is -0.351. The van der Waals surface area contributed by atoms with Gasteiger partial charge in [0.2, 0.25) is 5.91 Å². The van der Waals surface area contributed by atoms with Crippen molar-refractivity contribution in [1.29, 1.82) is 0 Å². The van der Waals surface area contributed by atoms with Crippen molar-refractivity contribution in [2.24, 2.45) is 0 Å². The van der Waals surface area contributed by atoms with Crippen molar-refractivity contribution in [1.82, 2.24) is 0 Å². The lowest BCUT2D eigenvalue weighted by Gasteiger charge is -2.33. The number of hydrogen-bond acceptors (Lipinski definition) is 5. The molecule has 1 aliphatic heterocycles. The number of rotatable bonds is 5. The number of nitrogens with one attached hydrogen (secondary N) is 1. The maximum atomic E-state index is 12.7. The Morgan fingerprint density at radius 1 is 1.32 bits per heavy atom. The zero-order chi connectivity index (χ0) is 20.4. The van der Waals surface area contributed by atoms with E-state index in [-0.39, 0.29) is 17.9 Å². The number of benzene rings is 2. The summed E-state index contributed by atoms with van der Waals surface area (Å²) in [6.45, 7) is 3.29. The summed E-state index contributed by atoms with van der Waals surface area (Å²) in [5.74, 6) is -0.551. The van der Waals surface area contributed by atoms with Crippen LogP contribution in [0.15, 0.2) is 36.4 Å². The lowest BCUT2D eigenvalue weighted by molar-refractivity contribution is -0.384. The Kier molecular flexibility index (Phi) is 5.51. The van der Waals surface area contributed by atoms with Crippen LogP contribution >= 0.6 is 11.6 Å². The normalized spacial score (nSPS) is 15.6. The van der Waals surface area contributed by atoms with Gasteiger partial charge in [0.1, 0.15) is 12.3 Å². The predicted octanol–water partition coefficient (Wildman–Crippen LogP) is 3.70. The molecule has 8 nitrogen and oxygen atoms in total. The van der Waals surface area contributed by atoms with Gasteiger partial charge in [0, 0.05) is 22.8 Å². The Labute approximate surface area is 166 Å². The second-order valence-electron chi connectivity index (χ2n) is 6.36. The number of hydrogen-bond donors (Lipinski definition) is 1. The third-order valence-electron chi connectivity index (χ3n) is 4.40. The van der Waals surface area contributed by atoms with Crippen LogP contribution in [0.3, 0.4) is 0 Å². The average Bonchev–Trinajstić information content (AvgIpc) is 2.66. The van der Waals surface area contributed by atoms with Crippen LogP contribution in [0.25, 0.3) is 0 Å². The molecule has 1 N–H and O–H groups in total. The molecule has 0 saturated carbocycles. The Morgan fingerprint density at radius 2 is 2.07 bits per heavy atom. The topological polar surface area (TPSA) is 102 Å². The quantitative estimate of drug-likeness (QED) is 0.605. The molecule has 1 heterocycles. The Morgan fingerprint density at radius 3 is 2.75 bits per heavy atom. The van der Waals surface area contributed by atoms with Crippen LogP contribution in [0.1, 0.15) is 18.9 Å². The number of ether oxygens (including phenoxy) is 1. The summed E-state index contributed by atoms with van der Waals surface area (Å²) < 4.78 is 5.63. The van der Waals surface area contributed by atoms with E-state index in [4.69, 9.17) is 16.3 Å². The second kappa shape index (κ2) is 7.85. The number of fused-ring (bicyclic) bond motifs is 1. The number of nitro groups is 1. The largest absolute Gasteiger partial charge is 0.478 e. The second-order valence-corrected chi connectivity index (χ2v) is 6.79. The number of anilines is 2. The number of nitrogens with zero attached hydrogens (tertiary/aromatic N) is 2. The first-order chi connectivity index (χ1) is 13.3. The van der Waals surface area contributed by atoms with Gasteiger partial charge in [0.05, 0.1) is 10.6 Å². The highest BCUT2D eigenvalue weighted by molar-refractivity contribution is 6.31.